The lowest BCUT2D eigenvalue weighted by molar-refractivity contribution is 0.0230. The SMILES string of the molecule is CCC(CC(N)=S)OCC1CCCCC1. The van der Waals surface area contributed by atoms with Gasteiger partial charge in [-0.1, -0.05) is 38.4 Å². The van der Waals surface area contributed by atoms with E-state index in [4.69, 9.17) is 22.7 Å². The summed E-state index contributed by atoms with van der Waals surface area (Å²) >= 11 is 4.91. The molecule has 0 aliphatic heterocycles. The molecule has 0 aromatic heterocycles. The second-order valence-electron chi connectivity index (χ2n) is 4.54. The predicted molar refractivity (Wildman–Crippen MR) is 68.0 cm³/mol. The minimum Gasteiger partial charge on any atom is -0.393 e. The van der Waals surface area contributed by atoms with Crippen molar-refractivity contribution in [1.29, 1.82) is 0 Å². The highest BCUT2D eigenvalue weighted by Crippen LogP contribution is 2.24. The van der Waals surface area contributed by atoms with Gasteiger partial charge in [-0.25, -0.2) is 0 Å². The fourth-order valence-electron chi connectivity index (χ4n) is 2.17. The molecule has 0 heterocycles. The number of nitrogens with two attached hydrogens (primary N) is 1. The van der Waals surface area contributed by atoms with Gasteiger partial charge in [0.2, 0.25) is 0 Å². The van der Waals surface area contributed by atoms with Crippen LogP contribution in [0.4, 0.5) is 0 Å². The van der Waals surface area contributed by atoms with Crippen molar-refractivity contribution in [1.82, 2.24) is 0 Å². The Morgan fingerprint density at radius 2 is 2.07 bits per heavy atom. The van der Waals surface area contributed by atoms with Gasteiger partial charge in [-0.05, 0) is 25.2 Å². The van der Waals surface area contributed by atoms with Crippen molar-refractivity contribution in [2.24, 2.45) is 11.7 Å². The van der Waals surface area contributed by atoms with Crippen LogP contribution in [0.1, 0.15) is 51.9 Å². The third kappa shape index (κ3) is 5.47. The zero-order valence-electron chi connectivity index (χ0n) is 9.71. The van der Waals surface area contributed by atoms with E-state index < -0.39 is 0 Å². The van der Waals surface area contributed by atoms with E-state index in [2.05, 4.69) is 6.92 Å². The second kappa shape index (κ2) is 7.18. The Morgan fingerprint density at radius 3 is 2.60 bits per heavy atom. The van der Waals surface area contributed by atoms with Crippen LogP contribution in [-0.4, -0.2) is 17.7 Å². The molecule has 0 spiro atoms. The molecule has 1 aliphatic carbocycles. The summed E-state index contributed by atoms with van der Waals surface area (Å²) in [5.74, 6) is 0.777. The van der Waals surface area contributed by atoms with E-state index in [0.717, 1.165) is 25.4 Å². The molecular formula is C12H23NOS. The van der Waals surface area contributed by atoms with Gasteiger partial charge in [0.25, 0.3) is 0 Å². The first kappa shape index (κ1) is 12.9. The standard InChI is InChI=1S/C12H23NOS/c1-2-11(8-12(13)15)14-9-10-6-4-3-5-7-10/h10-11H,2-9H2,1H3,(H2,13,15). The summed E-state index contributed by atoms with van der Waals surface area (Å²) in [7, 11) is 0. The molecule has 1 rings (SSSR count). The van der Waals surface area contributed by atoms with Crippen LogP contribution in [0, 0.1) is 5.92 Å². The second-order valence-corrected chi connectivity index (χ2v) is 5.06. The molecule has 2 N–H and O–H groups in total. The number of hydrogen-bond acceptors (Lipinski definition) is 2. The average molecular weight is 229 g/mol. The number of hydrogen-bond donors (Lipinski definition) is 1. The molecule has 0 radical (unpaired) electrons. The molecule has 3 heteroatoms. The lowest BCUT2D eigenvalue weighted by atomic mass is 9.90. The van der Waals surface area contributed by atoms with Crippen LogP contribution in [0.15, 0.2) is 0 Å². The average Bonchev–Trinajstić information content (AvgIpc) is 2.25. The van der Waals surface area contributed by atoms with Crippen molar-refractivity contribution >= 4 is 17.2 Å². The molecule has 1 atom stereocenters. The van der Waals surface area contributed by atoms with Crippen LogP contribution in [0.5, 0.6) is 0 Å². The molecule has 1 unspecified atom stereocenters. The van der Waals surface area contributed by atoms with E-state index in [1.54, 1.807) is 0 Å². The molecule has 88 valence electrons. The Kier molecular flexibility index (Phi) is 6.18. The van der Waals surface area contributed by atoms with E-state index in [1.165, 1.54) is 32.1 Å². The zero-order valence-corrected chi connectivity index (χ0v) is 10.5. The molecule has 1 fully saturated rings. The molecule has 1 aliphatic rings. The van der Waals surface area contributed by atoms with E-state index >= 15 is 0 Å². The molecule has 0 saturated heterocycles. The van der Waals surface area contributed by atoms with Crippen LogP contribution < -0.4 is 5.73 Å². The minimum absolute atomic E-state index is 0.240. The maximum Gasteiger partial charge on any atom is 0.0753 e. The third-order valence-corrected chi connectivity index (χ3v) is 3.34. The lowest BCUT2D eigenvalue weighted by Crippen LogP contribution is -2.24. The summed E-state index contributed by atoms with van der Waals surface area (Å²) in [5.41, 5.74) is 5.53. The van der Waals surface area contributed by atoms with Gasteiger partial charge in [-0.3, -0.25) is 0 Å². The summed E-state index contributed by atoms with van der Waals surface area (Å²) in [6.07, 6.45) is 8.81. The first-order valence-corrected chi connectivity index (χ1v) is 6.53. The fourth-order valence-corrected chi connectivity index (χ4v) is 2.36. The Labute approximate surface area is 98.6 Å². The highest BCUT2D eigenvalue weighted by molar-refractivity contribution is 7.80. The monoisotopic (exact) mass is 229 g/mol. The molecular weight excluding hydrogens is 206 g/mol. The summed E-state index contributed by atoms with van der Waals surface area (Å²) < 4.78 is 5.87. The van der Waals surface area contributed by atoms with Gasteiger partial charge in [0.15, 0.2) is 0 Å². The maximum absolute atomic E-state index is 5.87. The first-order chi connectivity index (χ1) is 7.22. The minimum atomic E-state index is 0.240. The van der Waals surface area contributed by atoms with Gasteiger partial charge < -0.3 is 10.5 Å². The van der Waals surface area contributed by atoms with Gasteiger partial charge >= 0.3 is 0 Å². The maximum atomic E-state index is 5.87. The predicted octanol–water partition coefficient (Wildman–Crippen LogP) is 3.04. The Balaban J connectivity index is 2.17. The van der Waals surface area contributed by atoms with Crippen LogP contribution in [0.2, 0.25) is 0 Å². The van der Waals surface area contributed by atoms with E-state index in [1.807, 2.05) is 0 Å². The van der Waals surface area contributed by atoms with Crippen LogP contribution in [0.25, 0.3) is 0 Å². The number of ether oxygens (including phenoxy) is 1. The third-order valence-electron chi connectivity index (χ3n) is 3.18. The van der Waals surface area contributed by atoms with Crippen molar-refractivity contribution in [3.8, 4) is 0 Å². The molecule has 0 amide bonds. The van der Waals surface area contributed by atoms with E-state index in [0.29, 0.717) is 4.99 Å². The molecule has 0 aromatic rings. The van der Waals surface area contributed by atoms with E-state index in [-0.39, 0.29) is 6.10 Å². The summed E-state index contributed by atoms with van der Waals surface area (Å²) in [5, 5.41) is 0. The van der Waals surface area contributed by atoms with Gasteiger partial charge in [0.1, 0.15) is 0 Å². The summed E-state index contributed by atoms with van der Waals surface area (Å²) in [4.78, 5) is 0.575. The highest BCUT2D eigenvalue weighted by Gasteiger charge is 2.16. The van der Waals surface area contributed by atoms with Gasteiger partial charge in [0.05, 0.1) is 11.1 Å². The highest BCUT2D eigenvalue weighted by atomic mass is 32.1. The van der Waals surface area contributed by atoms with Crippen LogP contribution >= 0.6 is 12.2 Å². The quantitative estimate of drug-likeness (QED) is 0.711. The topological polar surface area (TPSA) is 35.2 Å². The van der Waals surface area contributed by atoms with Gasteiger partial charge in [-0.15, -0.1) is 0 Å². The van der Waals surface area contributed by atoms with Crippen molar-refractivity contribution in [3.63, 3.8) is 0 Å². The van der Waals surface area contributed by atoms with Gasteiger partial charge in [-0.2, -0.15) is 0 Å². The Bertz CT molecular complexity index is 190. The molecule has 1 saturated carbocycles. The largest absolute Gasteiger partial charge is 0.393 e. The zero-order chi connectivity index (χ0) is 11.1. The molecule has 15 heavy (non-hydrogen) atoms. The summed E-state index contributed by atoms with van der Waals surface area (Å²) in [6, 6.07) is 0. The fraction of sp³-hybridized carbons (Fsp3) is 0.917. The van der Waals surface area contributed by atoms with Crippen LogP contribution in [0.3, 0.4) is 0 Å². The smallest absolute Gasteiger partial charge is 0.0753 e. The van der Waals surface area contributed by atoms with Gasteiger partial charge in [0, 0.05) is 13.0 Å². The molecule has 0 aromatic carbocycles. The first-order valence-electron chi connectivity index (χ1n) is 6.12. The number of rotatable bonds is 6. The van der Waals surface area contributed by atoms with Crippen molar-refractivity contribution in [3.05, 3.63) is 0 Å². The van der Waals surface area contributed by atoms with E-state index in [9.17, 15) is 0 Å². The van der Waals surface area contributed by atoms with Crippen molar-refractivity contribution < 1.29 is 4.74 Å². The lowest BCUT2D eigenvalue weighted by Gasteiger charge is -2.24. The Hall–Kier alpha value is -0.150. The summed E-state index contributed by atoms with van der Waals surface area (Å²) in [6.45, 7) is 3.03. The molecule has 2 nitrogen and oxygen atoms in total. The molecule has 0 bridgehead atoms. The van der Waals surface area contributed by atoms with Crippen LogP contribution in [-0.2, 0) is 4.74 Å². The Morgan fingerprint density at radius 1 is 1.40 bits per heavy atom. The number of thiocarbonyl (C=S) groups is 1. The van der Waals surface area contributed by atoms with Crippen molar-refractivity contribution in [2.45, 2.75) is 58.0 Å². The normalized spacial score (nSPS) is 20.1. The van der Waals surface area contributed by atoms with Crippen molar-refractivity contribution in [2.75, 3.05) is 6.61 Å².